The van der Waals surface area contributed by atoms with Crippen molar-refractivity contribution in [1.29, 1.82) is 0 Å². The Morgan fingerprint density at radius 1 is 1.16 bits per heavy atom. The number of rotatable bonds is 5. The number of carbonyl (C=O) groups is 2. The second-order valence-corrected chi connectivity index (χ2v) is 11.7. The maximum atomic E-state index is 15.3. The molecule has 0 aliphatic carbocycles. The molecule has 14 heteroatoms. The number of alkyl halides is 2. The lowest BCUT2D eigenvalue weighted by Gasteiger charge is -2.50. The van der Waals surface area contributed by atoms with E-state index in [2.05, 4.69) is 20.5 Å². The number of thiazole rings is 1. The average Bonchev–Trinajstić information content (AvgIpc) is 3.68. The summed E-state index contributed by atoms with van der Waals surface area (Å²) in [5.41, 5.74) is 0.552. The van der Waals surface area contributed by atoms with Crippen LogP contribution in [0.2, 0.25) is 10.0 Å². The summed E-state index contributed by atoms with van der Waals surface area (Å²) >= 11 is 13.0. The fourth-order valence-corrected chi connectivity index (χ4v) is 6.45. The molecular weight excluding hydrogens is 561 g/mol. The van der Waals surface area contributed by atoms with Gasteiger partial charge >= 0.3 is 5.92 Å². The zero-order chi connectivity index (χ0) is 26.7. The second kappa shape index (κ2) is 9.51. The minimum absolute atomic E-state index is 0.00503. The van der Waals surface area contributed by atoms with Crippen molar-refractivity contribution in [2.75, 3.05) is 32.7 Å². The van der Waals surface area contributed by atoms with Gasteiger partial charge in [-0.1, -0.05) is 29.3 Å². The Morgan fingerprint density at radius 3 is 2.63 bits per heavy atom. The van der Waals surface area contributed by atoms with Crippen LogP contribution in [-0.4, -0.2) is 75.6 Å². The van der Waals surface area contributed by atoms with Crippen LogP contribution >= 0.6 is 34.5 Å². The summed E-state index contributed by atoms with van der Waals surface area (Å²) < 4.78 is 36.2. The van der Waals surface area contributed by atoms with Gasteiger partial charge < -0.3 is 19.5 Å². The highest BCUT2D eigenvalue weighted by Gasteiger charge is 2.59. The Balaban J connectivity index is 1.28. The molecule has 38 heavy (non-hydrogen) atoms. The zero-order valence-corrected chi connectivity index (χ0v) is 22.2. The van der Waals surface area contributed by atoms with Crippen LogP contribution in [0.1, 0.15) is 45.8 Å². The number of carbonyl (C=O) groups excluding carboxylic acids is 2. The number of benzene rings is 1. The summed E-state index contributed by atoms with van der Waals surface area (Å²) in [5, 5.41) is 11.0. The van der Waals surface area contributed by atoms with Gasteiger partial charge in [0.05, 0.1) is 33.7 Å². The van der Waals surface area contributed by atoms with E-state index in [1.165, 1.54) is 23.6 Å². The molecule has 1 spiro atoms. The molecule has 200 valence electrons. The van der Waals surface area contributed by atoms with Gasteiger partial charge in [0.1, 0.15) is 4.88 Å². The van der Waals surface area contributed by atoms with Gasteiger partial charge in [-0.05, 0) is 31.5 Å². The summed E-state index contributed by atoms with van der Waals surface area (Å²) in [7, 11) is 0. The quantitative estimate of drug-likeness (QED) is 0.488. The Kier molecular flexibility index (Phi) is 6.41. The van der Waals surface area contributed by atoms with Gasteiger partial charge in [0.2, 0.25) is 11.8 Å². The zero-order valence-electron chi connectivity index (χ0n) is 19.9. The molecule has 2 amide bonds. The highest BCUT2D eigenvalue weighted by molar-refractivity contribution is 7.11. The number of nitrogens with one attached hydrogen (secondary N) is 1. The summed E-state index contributed by atoms with van der Waals surface area (Å²) in [6, 6.07) is 3.27. The Bertz CT molecular complexity index is 1380. The van der Waals surface area contributed by atoms with Gasteiger partial charge in [-0.3, -0.25) is 14.6 Å². The van der Waals surface area contributed by atoms with E-state index in [0.717, 1.165) is 31.5 Å². The predicted molar refractivity (Wildman–Crippen MR) is 135 cm³/mol. The summed E-state index contributed by atoms with van der Waals surface area (Å²) in [5.74, 6) is -5.21. The molecule has 0 bridgehead atoms. The third-order valence-electron chi connectivity index (χ3n) is 7.55. The van der Waals surface area contributed by atoms with Crippen molar-refractivity contribution >= 4 is 46.4 Å². The molecule has 3 saturated heterocycles. The normalized spacial score (nSPS) is 22.7. The summed E-state index contributed by atoms with van der Waals surface area (Å²) in [6.07, 6.45) is 3.21. The third-order valence-corrected chi connectivity index (χ3v) is 9.05. The fourth-order valence-electron chi connectivity index (χ4n) is 5.56. The minimum atomic E-state index is -3.61. The number of aromatic nitrogens is 3. The van der Waals surface area contributed by atoms with Gasteiger partial charge in [-0.2, -0.15) is 8.78 Å². The van der Waals surface area contributed by atoms with Crippen LogP contribution in [0.25, 0.3) is 0 Å². The van der Waals surface area contributed by atoms with Gasteiger partial charge in [0.15, 0.2) is 0 Å². The smallest absolute Gasteiger partial charge is 0.349 e. The largest absolute Gasteiger partial charge is 0.419 e. The van der Waals surface area contributed by atoms with Crippen LogP contribution in [0.3, 0.4) is 0 Å². The first-order chi connectivity index (χ1) is 18.2. The lowest BCUT2D eigenvalue weighted by Crippen LogP contribution is -2.64. The molecule has 2 atom stereocenters. The molecule has 3 aliphatic rings. The van der Waals surface area contributed by atoms with E-state index < -0.39 is 28.7 Å². The van der Waals surface area contributed by atoms with Crippen molar-refractivity contribution in [3.63, 3.8) is 0 Å². The SMILES string of the molecule is O=C(c1cncs1)N1CC(c2nnc(C(F)(F)c3ccc(Cl)c(Cl)c3)o2)C2(C1)CN(C(=O)[C@@H]1CCCN1)C2. The van der Waals surface area contributed by atoms with E-state index in [-0.39, 0.29) is 40.3 Å². The highest BCUT2D eigenvalue weighted by Crippen LogP contribution is 2.50. The molecule has 1 N–H and O–H groups in total. The van der Waals surface area contributed by atoms with Crippen LogP contribution < -0.4 is 5.32 Å². The maximum Gasteiger partial charge on any atom is 0.349 e. The van der Waals surface area contributed by atoms with Gasteiger partial charge in [-0.25, -0.2) is 0 Å². The molecule has 2 aromatic heterocycles. The van der Waals surface area contributed by atoms with Crippen LogP contribution in [-0.2, 0) is 10.7 Å². The fraction of sp³-hybridized carbons (Fsp3) is 0.458. The molecule has 3 aromatic rings. The molecule has 0 saturated carbocycles. The average molecular weight is 583 g/mol. The van der Waals surface area contributed by atoms with Crippen molar-refractivity contribution in [1.82, 2.24) is 30.3 Å². The van der Waals surface area contributed by atoms with E-state index in [9.17, 15) is 9.59 Å². The number of halogens is 4. The van der Waals surface area contributed by atoms with E-state index >= 15 is 8.78 Å². The number of likely N-dealkylation sites (tertiary alicyclic amines) is 2. The number of hydrogen-bond donors (Lipinski definition) is 1. The molecule has 1 unspecified atom stereocenters. The number of nitrogens with zero attached hydrogens (tertiary/aromatic N) is 5. The number of amides is 2. The highest BCUT2D eigenvalue weighted by atomic mass is 35.5. The second-order valence-electron chi connectivity index (χ2n) is 9.96. The van der Waals surface area contributed by atoms with Crippen molar-refractivity contribution < 1.29 is 22.8 Å². The maximum absolute atomic E-state index is 15.3. The Morgan fingerprint density at radius 2 is 1.95 bits per heavy atom. The molecule has 9 nitrogen and oxygen atoms in total. The van der Waals surface area contributed by atoms with Gasteiger partial charge in [-0.15, -0.1) is 21.5 Å². The first kappa shape index (κ1) is 25.6. The number of hydrogen-bond acceptors (Lipinski definition) is 8. The van der Waals surface area contributed by atoms with Gasteiger partial charge in [0.25, 0.3) is 11.8 Å². The topological polar surface area (TPSA) is 104 Å². The molecule has 1 aromatic carbocycles. The van der Waals surface area contributed by atoms with Crippen LogP contribution in [0.4, 0.5) is 8.78 Å². The molecule has 3 fully saturated rings. The van der Waals surface area contributed by atoms with Crippen LogP contribution in [0.15, 0.2) is 34.3 Å². The van der Waals surface area contributed by atoms with E-state index in [0.29, 0.717) is 24.5 Å². The van der Waals surface area contributed by atoms with E-state index in [4.69, 9.17) is 27.6 Å². The molecule has 3 aliphatic heterocycles. The van der Waals surface area contributed by atoms with E-state index in [1.54, 1.807) is 15.3 Å². The van der Waals surface area contributed by atoms with Crippen molar-refractivity contribution in [3.05, 3.63) is 62.2 Å². The first-order valence-corrected chi connectivity index (χ1v) is 13.7. The lowest BCUT2D eigenvalue weighted by molar-refractivity contribution is -0.145. The monoisotopic (exact) mass is 582 g/mol. The van der Waals surface area contributed by atoms with Crippen molar-refractivity contribution in [3.8, 4) is 0 Å². The third kappa shape index (κ3) is 4.27. The molecule has 5 heterocycles. The van der Waals surface area contributed by atoms with E-state index in [1.807, 2.05) is 0 Å². The molecular formula is C24H22Cl2F2N6O3S. The molecule has 6 rings (SSSR count). The lowest BCUT2D eigenvalue weighted by atomic mass is 9.71. The van der Waals surface area contributed by atoms with Gasteiger partial charge in [0, 0.05) is 37.2 Å². The van der Waals surface area contributed by atoms with Crippen molar-refractivity contribution in [2.45, 2.75) is 30.7 Å². The summed E-state index contributed by atoms with van der Waals surface area (Å²) in [6.45, 7) is 2.05. The first-order valence-electron chi connectivity index (χ1n) is 12.1. The predicted octanol–water partition coefficient (Wildman–Crippen LogP) is 3.79. The standard InChI is InChI=1S/C24H22Cl2F2N6O3S/c25-15-4-3-13(6-16(15)26)24(27,28)22-32-31-19(37-22)14-8-33(21(36)18-7-29-12-38-18)9-23(14)10-34(11-23)20(35)17-2-1-5-30-17/h3-4,6-7,12,14,17,30H,1-2,5,8-11H2/t14?,17-/m0/s1. The van der Waals surface area contributed by atoms with Crippen LogP contribution in [0.5, 0.6) is 0 Å². The molecule has 0 radical (unpaired) electrons. The summed E-state index contributed by atoms with van der Waals surface area (Å²) in [4.78, 5) is 34.0. The minimum Gasteiger partial charge on any atom is -0.419 e. The Hall–Kier alpha value is -2.67. The van der Waals surface area contributed by atoms with Crippen LogP contribution in [0, 0.1) is 5.41 Å². The Labute approximate surface area is 230 Å². The van der Waals surface area contributed by atoms with Crippen molar-refractivity contribution in [2.24, 2.45) is 5.41 Å².